The predicted molar refractivity (Wildman–Crippen MR) is 78.6 cm³/mol. The Morgan fingerprint density at radius 2 is 2.05 bits per heavy atom. The number of nitrogen functional groups attached to an aromatic ring is 1. The molecule has 6 nitrogen and oxygen atoms in total. The summed E-state index contributed by atoms with van der Waals surface area (Å²) >= 11 is 0. The average Bonchev–Trinajstić information content (AvgIpc) is 3.27. The summed E-state index contributed by atoms with van der Waals surface area (Å²) in [5.41, 5.74) is 3.63. The van der Waals surface area contributed by atoms with Crippen LogP contribution >= 0.6 is 0 Å². The van der Waals surface area contributed by atoms with Crippen LogP contribution in [0.25, 0.3) is 0 Å². The van der Waals surface area contributed by atoms with Gasteiger partial charge in [0.15, 0.2) is 0 Å². The summed E-state index contributed by atoms with van der Waals surface area (Å²) in [4.78, 5) is 11.4. The van der Waals surface area contributed by atoms with Crippen LogP contribution in [0.3, 0.4) is 0 Å². The number of hydrogen-bond acceptors (Lipinski definition) is 6. The number of nitrogens with one attached hydrogen (secondary N) is 1. The lowest BCUT2D eigenvalue weighted by atomic mass is 9.96. The third-order valence-corrected chi connectivity index (χ3v) is 4.43. The quantitative estimate of drug-likeness (QED) is 0.567. The number of hydrazine groups is 1. The Hall–Kier alpha value is -1.40. The van der Waals surface area contributed by atoms with Gasteiger partial charge in [-0.15, -0.1) is 0 Å². The molecule has 3 rings (SSSR count). The van der Waals surface area contributed by atoms with Crippen LogP contribution in [0.2, 0.25) is 0 Å². The molecule has 0 spiro atoms. The minimum atomic E-state index is -0.295. The number of rotatable bonds is 3. The topological polar surface area (TPSA) is 87.3 Å². The monoisotopic (exact) mass is 277 g/mol. The van der Waals surface area contributed by atoms with E-state index in [1.807, 2.05) is 6.92 Å². The van der Waals surface area contributed by atoms with Crippen LogP contribution in [0.4, 0.5) is 11.6 Å². The minimum Gasteiger partial charge on any atom is -0.391 e. The summed E-state index contributed by atoms with van der Waals surface area (Å²) in [5, 5.41) is 10.1. The fraction of sp³-hybridized carbons (Fsp3) is 0.714. The van der Waals surface area contributed by atoms with Crippen LogP contribution in [-0.4, -0.2) is 34.3 Å². The van der Waals surface area contributed by atoms with E-state index >= 15 is 0 Å². The molecular formula is C14H23N5O. The van der Waals surface area contributed by atoms with Crippen LogP contribution in [0.1, 0.15) is 43.5 Å². The standard InChI is InChI=1S/C14H23N5O/c1-8-5-6-19(7-11(8)20)14-9(2)12(18-15)16-13(17-14)10-3-4-10/h8,10-11,20H,3-7,15H2,1-2H3,(H,16,17,18). The molecule has 0 aromatic carbocycles. The van der Waals surface area contributed by atoms with Crippen molar-refractivity contribution in [2.45, 2.75) is 45.1 Å². The highest BCUT2D eigenvalue weighted by Gasteiger charge is 2.31. The van der Waals surface area contributed by atoms with Crippen molar-refractivity contribution >= 4 is 11.6 Å². The highest BCUT2D eigenvalue weighted by Crippen LogP contribution is 2.40. The van der Waals surface area contributed by atoms with Crippen molar-refractivity contribution < 1.29 is 5.11 Å². The first kappa shape index (κ1) is 13.6. The SMILES string of the molecule is Cc1c(NN)nc(C2CC2)nc1N1CCC(C)C(O)C1. The Morgan fingerprint density at radius 3 is 2.65 bits per heavy atom. The maximum Gasteiger partial charge on any atom is 0.148 e. The number of piperidine rings is 1. The second-order valence-electron chi connectivity index (χ2n) is 6.08. The van der Waals surface area contributed by atoms with E-state index in [-0.39, 0.29) is 6.10 Å². The normalized spacial score (nSPS) is 26.7. The number of hydrogen-bond donors (Lipinski definition) is 3. The van der Waals surface area contributed by atoms with E-state index in [9.17, 15) is 5.11 Å². The highest BCUT2D eigenvalue weighted by molar-refractivity contribution is 5.58. The lowest BCUT2D eigenvalue weighted by Gasteiger charge is -2.36. The molecule has 0 radical (unpaired) electrons. The molecule has 1 aliphatic carbocycles. The molecule has 1 aromatic rings. The van der Waals surface area contributed by atoms with Crippen molar-refractivity contribution in [2.75, 3.05) is 23.4 Å². The lowest BCUT2D eigenvalue weighted by molar-refractivity contribution is 0.102. The summed E-state index contributed by atoms with van der Waals surface area (Å²) in [6, 6.07) is 0. The van der Waals surface area contributed by atoms with E-state index in [2.05, 4.69) is 22.2 Å². The smallest absolute Gasteiger partial charge is 0.148 e. The van der Waals surface area contributed by atoms with Gasteiger partial charge in [0.1, 0.15) is 17.5 Å². The Morgan fingerprint density at radius 1 is 1.30 bits per heavy atom. The number of nitrogens with zero attached hydrogens (tertiary/aromatic N) is 3. The Labute approximate surface area is 119 Å². The molecule has 0 amide bonds. The number of nitrogens with two attached hydrogens (primary N) is 1. The van der Waals surface area contributed by atoms with Gasteiger partial charge < -0.3 is 15.4 Å². The summed E-state index contributed by atoms with van der Waals surface area (Å²) < 4.78 is 0. The van der Waals surface area contributed by atoms with Crippen LogP contribution in [0, 0.1) is 12.8 Å². The Kier molecular flexibility index (Phi) is 3.52. The van der Waals surface area contributed by atoms with E-state index in [0.29, 0.717) is 24.2 Å². The van der Waals surface area contributed by atoms with Crippen molar-refractivity contribution in [3.05, 3.63) is 11.4 Å². The van der Waals surface area contributed by atoms with Gasteiger partial charge in [0.25, 0.3) is 0 Å². The van der Waals surface area contributed by atoms with Gasteiger partial charge in [-0.25, -0.2) is 15.8 Å². The average molecular weight is 277 g/mol. The fourth-order valence-electron chi connectivity index (χ4n) is 2.74. The molecule has 20 heavy (non-hydrogen) atoms. The molecule has 1 aromatic heterocycles. The maximum atomic E-state index is 10.1. The van der Waals surface area contributed by atoms with Gasteiger partial charge >= 0.3 is 0 Å². The van der Waals surface area contributed by atoms with Gasteiger partial charge in [0.05, 0.1) is 6.10 Å². The number of aromatic nitrogens is 2. The molecule has 2 aliphatic rings. The van der Waals surface area contributed by atoms with Gasteiger partial charge in [-0.05, 0) is 32.1 Å². The first-order valence-corrected chi connectivity index (χ1v) is 7.38. The highest BCUT2D eigenvalue weighted by atomic mass is 16.3. The molecule has 1 aliphatic heterocycles. The molecule has 2 heterocycles. The Bertz CT molecular complexity index is 503. The van der Waals surface area contributed by atoms with Crippen LogP contribution < -0.4 is 16.2 Å². The van der Waals surface area contributed by atoms with Gasteiger partial charge in [-0.2, -0.15) is 0 Å². The van der Waals surface area contributed by atoms with Crippen LogP contribution in [0.5, 0.6) is 0 Å². The zero-order valence-corrected chi connectivity index (χ0v) is 12.1. The summed E-state index contributed by atoms with van der Waals surface area (Å²) in [6.45, 7) is 5.63. The maximum absolute atomic E-state index is 10.1. The molecule has 0 bridgehead atoms. The van der Waals surface area contributed by atoms with Gasteiger partial charge in [0, 0.05) is 24.6 Å². The second kappa shape index (κ2) is 5.18. The second-order valence-corrected chi connectivity index (χ2v) is 6.08. The molecule has 4 N–H and O–H groups in total. The minimum absolute atomic E-state index is 0.295. The van der Waals surface area contributed by atoms with E-state index < -0.39 is 0 Å². The molecule has 1 saturated heterocycles. The largest absolute Gasteiger partial charge is 0.391 e. The van der Waals surface area contributed by atoms with E-state index in [4.69, 9.17) is 10.8 Å². The van der Waals surface area contributed by atoms with Crippen molar-refractivity contribution in [3.63, 3.8) is 0 Å². The van der Waals surface area contributed by atoms with Crippen molar-refractivity contribution in [1.82, 2.24) is 9.97 Å². The molecule has 2 fully saturated rings. The summed E-state index contributed by atoms with van der Waals surface area (Å²) in [7, 11) is 0. The van der Waals surface area contributed by atoms with E-state index in [0.717, 1.165) is 43.0 Å². The van der Waals surface area contributed by atoms with Crippen LogP contribution in [-0.2, 0) is 0 Å². The number of aliphatic hydroxyl groups excluding tert-OH is 1. The molecule has 1 saturated carbocycles. The Balaban J connectivity index is 1.93. The van der Waals surface area contributed by atoms with Crippen LogP contribution in [0.15, 0.2) is 0 Å². The summed E-state index contributed by atoms with van der Waals surface area (Å²) in [5.74, 6) is 8.91. The zero-order chi connectivity index (χ0) is 14.3. The molecular weight excluding hydrogens is 254 g/mol. The molecule has 110 valence electrons. The van der Waals surface area contributed by atoms with Crippen molar-refractivity contribution in [3.8, 4) is 0 Å². The van der Waals surface area contributed by atoms with Gasteiger partial charge in [-0.3, -0.25) is 0 Å². The number of anilines is 2. The predicted octanol–water partition coefficient (Wildman–Crippen LogP) is 1.16. The third kappa shape index (κ3) is 2.45. The lowest BCUT2D eigenvalue weighted by Crippen LogP contribution is -2.43. The molecule has 2 atom stereocenters. The molecule has 6 heteroatoms. The number of β-amino-alcohol motifs (C(OH)–C–C–N with tert-alkyl or cyclic N) is 1. The van der Waals surface area contributed by atoms with Crippen molar-refractivity contribution in [1.29, 1.82) is 0 Å². The summed E-state index contributed by atoms with van der Waals surface area (Å²) in [6.07, 6.45) is 3.00. The van der Waals surface area contributed by atoms with E-state index in [1.54, 1.807) is 0 Å². The third-order valence-electron chi connectivity index (χ3n) is 4.43. The first-order valence-electron chi connectivity index (χ1n) is 7.38. The molecule has 2 unspecified atom stereocenters. The van der Waals surface area contributed by atoms with Crippen molar-refractivity contribution in [2.24, 2.45) is 11.8 Å². The fourth-order valence-corrected chi connectivity index (χ4v) is 2.74. The zero-order valence-electron chi connectivity index (χ0n) is 12.1. The van der Waals surface area contributed by atoms with Gasteiger partial charge in [0.2, 0.25) is 0 Å². The number of aliphatic hydroxyl groups is 1. The van der Waals surface area contributed by atoms with E-state index in [1.165, 1.54) is 0 Å². The first-order chi connectivity index (χ1) is 9.60. The van der Waals surface area contributed by atoms with Gasteiger partial charge in [-0.1, -0.05) is 6.92 Å².